The van der Waals surface area contributed by atoms with Crippen molar-refractivity contribution in [2.24, 2.45) is 5.41 Å². The van der Waals surface area contributed by atoms with E-state index >= 15 is 0 Å². The molecule has 0 atom stereocenters. The van der Waals surface area contributed by atoms with Crippen molar-refractivity contribution in [1.82, 2.24) is 4.90 Å². The van der Waals surface area contributed by atoms with Gasteiger partial charge in [-0.05, 0) is 6.42 Å². The van der Waals surface area contributed by atoms with E-state index in [0.717, 1.165) is 19.3 Å². The minimum atomic E-state index is -0.406. The molecule has 106 valence electrons. The minimum Gasteiger partial charge on any atom is -0.468 e. The Balaban J connectivity index is 4.22. The number of hydrogen-bond acceptors (Lipinski definition) is 3. The highest BCUT2D eigenvalue weighted by Gasteiger charge is 2.30. The largest absolute Gasteiger partial charge is 0.468 e. The second-order valence-electron chi connectivity index (χ2n) is 5.43. The van der Waals surface area contributed by atoms with Gasteiger partial charge in [0.2, 0.25) is 5.91 Å². The zero-order valence-electron chi connectivity index (χ0n) is 12.4. The fraction of sp³-hybridized carbons (Fsp3) is 0.857. The molecule has 0 aliphatic carbocycles. The number of methoxy groups -OCH3 is 1. The van der Waals surface area contributed by atoms with Gasteiger partial charge in [-0.2, -0.15) is 0 Å². The Labute approximate surface area is 111 Å². The van der Waals surface area contributed by atoms with Crippen LogP contribution in [0.3, 0.4) is 0 Å². The van der Waals surface area contributed by atoms with Crippen molar-refractivity contribution in [3.05, 3.63) is 0 Å². The molecule has 0 aromatic heterocycles. The lowest BCUT2D eigenvalue weighted by molar-refractivity contribution is -0.149. The van der Waals surface area contributed by atoms with Gasteiger partial charge in [-0.15, -0.1) is 0 Å². The normalized spacial score (nSPS) is 11.2. The molecule has 0 aliphatic rings. The van der Waals surface area contributed by atoms with E-state index in [1.807, 2.05) is 13.8 Å². The molecule has 18 heavy (non-hydrogen) atoms. The number of esters is 1. The number of amides is 1. The number of rotatable bonds is 8. The number of unbranched alkanes of at least 4 members (excludes halogenated alkanes) is 3. The highest BCUT2D eigenvalue weighted by molar-refractivity contribution is 5.85. The monoisotopic (exact) mass is 257 g/mol. The van der Waals surface area contributed by atoms with Gasteiger partial charge in [0.15, 0.2) is 0 Å². The fourth-order valence-electron chi connectivity index (χ4n) is 1.95. The SMILES string of the molecule is CCCCCCC(C)(C)C(=O)N(C)CC(=O)OC. The number of ether oxygens (including phenoxy) is 1. The van der Waals surface area contributed by atoms with Crippen LogP contribution in [-0.2, 0) is 14.3 Å². The Morgan fingerprint density at radius 1 is 1.17 bits per heavy atom. The van der Waals surface area contributed by atoms with Crippen LogP contribution >= 0.6 is 0 Å². The van der Waals surface area contributed by atoms with Crippen LogP contribution in [0.4, 0.5) is 0 Å². The first-order valence-electron chi connectivity index (χ1n) is 6.67. The highest BCUT2D eigenvalue weighted by Crippen LogP contribution is 2.26. The van der Waals surface area contributed by atoms with E-state index in [9.17, 15) is 9.59 Å². The van der Waals surface area contributed by atoms with Crippen LogP contribution in [0.2, 0.25) is 0 Å². The summed E-state index contributed by atoms with van der Waals surface area (Å²) in [6.45, 7) is 6.07. The molecule has 0 spiro atoms. The predicted molar refractivity (Wildman–Crippen MR) is 72.2 cm³/mol. The van der Waals surface area contributed by atoms with Crippen molar-refractivity contribution in [2.45, 2.75) is 52.9 Å². The topological polar surface area (TPSA) is 46.6 Å². The molecule has 0 N–H and O–H groups in total. The van der Waals surface area contributed by atoms with E-state index in [-0.39, 0.29) is 18.4 Å². The molecule has 0 aromatic carbocycles. The lowest BCUT2D eigenvalue weighted by Gasteiger charge is -2.28. The number of nitrogens with zero attached hydrogens (tertiary/aromatic N) is 1. The Kier molecular flexibility index (Phi) is 7.64. The van der Waals surface area contributed by atoms with Crippen molar-refractivity contribution in [1.29, 1.82) is 0 Å². The molecule has 0 saturated carbocycles. The van der Waals surface area contributed by atoms with Crippen molar-refractivity contribution in [3.63, 3.8) is 0 Å². The van der Waals surface area contributed by atoms with E-state index in [4.69, 9.17) is 0 Å². The van der Waals surface area contributed by atoms with Gasteiger partial charge in [0.05, 0.1) is 7.11 Å². The lowest BCUT2D eigenvalue weighted by Crippen LogP contribution is -2.41. The summed E-state index contributed by atoms with van der Waals surface area (Å²) >= 11 is 0. The summed E-state index contributed by atoms with van der Waals surface area (Å²) in [6.07, 6.45) is 5.48. The van der Waals surface area contributed by atoms with Crippen LogP contribution in [-0.4, -0.2) is 37.5 Å². The van der Waals surface area contributed by atoms with Gasteiger partial charge in [0, 0.05) is 12.5 Å². The highest BCUT2D eigenvalue weighted by atomic mass is 16.5. The molecule has 0 unspecified atom stereocenters. The third-order valence-electron chi connectivity index (χ3n) is 3.17. The van der Waals surface area contributed by atoms with Crippen molar-refractivity contribution in [2.75, 3.05) is 20.7 Å². The Hall–Kier alpha value is -1.06. The molecular formula is C14H27NO3. The maximum atomic E-state index is 12.2. The molecule has 0 radical (unpaired) electrons. The first-order chi connectivity index (χ1) is 8.35. The smallest absolute Gasteiger partial charge is 0.325 e. The number of hydrogen-bond donors (Lipinski definition) is 0. The summed E-state index contributed by atoms with van der Waals surface area (Å²) in [7, 11) is 2.98. The zero-order chi connectivity index (χ0) is 14.2. The summed E-state index contributed by atoms with van der Waals surface area (Å²) in [6, 6.07) is 0. The predicted octanol–water partition coefficient (Wildman–Crippen LogP) is 2.61. The summed E-state index contributed by atoms with van der Waals surface area (Å²) in [4.78, 5) is 24.8. The lowest BCUT2D eigenvalue weighted by atomic mass is 9.85. The average molecular weight is 257 g/mol. The Morgan fingerprint density at radius 3 is 2.28 bits per heavy atom. The minimum absolute atomic E-state index is 0.00407. The summed E-state index contributed by atoms with van der Waals surface area (Å²) < 4.78 is 4.56. The first kappa shape index (κ1) is 16.9. The molecule has 4 nitrogen and oxygen atoms in total. The molecule has 4 heteroatoms. The molecule has 0 rings (SSSR count). The summed E-state index contributed by atoms with van der Waals surface area (Å²) in [5.74, 6) is -0.378. The second kappa shape index (κ2) is 8.11. The maximum absolute atomic E-state index is 12.2. The molecule has 0 aliphatic heterocycles. The van der Waals surface area contributed by atoms with Gasteiger partial charge in [-0.3, -0.25) is 9.59 Å². The van der Waals surface area contributed by atoms with E-state index in [1.54, 1.807) is 7.05 Å². The van der Waals surface area contributed by atoms with Gasteiger partial charge in [0.1, 0.15) is 6.54 Å². The van der Waals surface area contributed by atoms with Crippen LogP contribution < -0.4 is 0 Å². The molecule has 1 amide bonds. The van der Waals surface area contributed by atoms with Gasteiger partial charge in [-0.25, -0.2) is 0 Å². The average Bonchev–Trinajstić information content (AvgIpc) is 2.33. The Bertz CT molecular complexity index is 274. The van der Waals surface area contributed by atoms with E-state index in [1.165, 1.54) is 24.9 Å². The van der Waals surface area contributed by atoms with Crippen molar-refractivity contribution < 1.29 is 14.3 Å². The third-order valence-corrected chi connectivity index (χ3v) is 3.17. The number of carbonyl (C=O) groups is 2. The van der Waals surface area contributed by atoms with Crippen LogP contribution in [0.5, 0.6) is 0 Å². The third kappa shape index (κ3) is 6.03. The van der Waals surface area contributed by atoms with Gasteiger partial charge in [0.25, 0.3) is 0 Å². The van der Waals surface area contributed by atoms with Crippen molar-refractivity contribution >= 4 is 11.9 Å². The molecule has 0 bridgehead atoms. The molecule has 0 heterocycles. The van der Waals surface area contributed by atoms with Gasteiger partial charge >= 0.3 is 5.97 Å². The van der Waals surface area contributed by atoms with E-state index in [2.05, 4.69) is 11.7 Å². The zero-order valence-corrected chi connectivity index (χ0v) is 12.4. The molecule has 0 saturated heterocycles. The first-order valence-corrected chi connectivity index (χ1v) is 6.67. The standard InChI is InChI=1S/C14H27NO3/c1-6-7-8-9-10-14(2,3)13(17)15(4)11-12(16)18-5/h6-11H2,1-5H3. The van der Waals surface area contributed by atoms with Crippen LogP contribution in [0, 0.1) is 5.41 Å². The van der Waals surface area contributed by atoms with E-state index in [0.29, 0.717) is 0 Å². The Morgan fingerprint density at radius 2 is 1.78 bits per heavy atom. The molecule has 0 fully saturated rings. The van der Waals surface area contributed by atoms with Crippen LogP contribution in [0.15, 0.2) is 0 Å². The van der Waals surface area contributed by atoms with Crippen LogP contribution in [0.25, 0.3) is 0 Å². The van der Waals surface area contributed by atoms with Gasteiger partial charge in [-0.1, -0.05) is 46.5 Å². The summed E-state index contributed by atoms with van der Waals surface area (Å²) in [5, 5.41) is 0. The van der Waals surface area contributed by atoms with Crippen molar-refractivity contribution in [3.8, 4) is 0 Å². The summed E-state index contributed by atoms with van der Waals surface area (Å²) in [5.41, 5.74) is -0.406. The molecule has 0 aromatic rings. The van der Waals surface area contributed by atoms with Gasteiger partial charge < -0.3 is 9.64 Å². The fourth-order valence-corrected chi connectivity index (χ4v) is 1.95. The molecular weight excluding hydrogens is 230 g/mol. The number of carbonyl (C=O) groups excluding carboxylic acids is 2. The quantitative estimate of drug-likeness (QED) is 0.496. The maximum Gasteiger partial charge on any atom is 0.325 e. The van der Waals surface area contributed by atoms with Crippen LogP contribution in [0.1, 0.15) is 52.9 Å². The van der Waals surface area contributed by atoms with E-state index < -0.39 is 5.41 Å². The second-order valence-corrected chi connectivity index (χ2v) is 5.43. The number of likely N-dealkylation sites (N-methyl/N-ethyl adjacent to an activating group) is 1.